The summed E-state index contributed by atoms with van der Waals surface area (Å²) in [5.41, 5.74) is 0.0354. The van der Waals surface area contributed by atoms with Gasteiger partial charge in [0.2, 0.25) is 0 Å². The summed E-state index contributed by atoms with van der Waals surface area (Å²) in [6.45, 7) is 15.4. The van der Waals surface area contributed by atoms with Gasteiger partial charge in [-0.05, 0) is 27.8 Å². The molecule has 0 spiro atoms. The van der Waals surface area contributed by atoms with Crippen LogP contribution in [0.5, 0.6) is 0 Å². The largest absolute Gasteiger partial charge is 0.379 e. The number of nitrogens with zero attached hydrogens (tertiary/aromatic N) is 3. The zero-order chi connectivity index (χ0) is 17.4. The van der Waals surface area contributed by atoms with E-state index in [9.17, 15) is 0 Å². The fourth-order valence-electron chi connectivity index (χ4n) is 3.08. The molecule has 2 heterocycles. The van der Waals surface area contributed by atoms with Gasteiger partial charge in [0.15, 0.2) is 5.96 Å². The maximum absolute atomic E-state index is 5.81. The van der Waals surface area contributed by atoms with Crippen LogP contribution < -0.4 is 10.6 Å². The van der Waals surface area contributed by atoms with Crippen LogP contribution in [0.25, 0.3) is 0 Å². The van der Waals surface area contributed by atoms with Gasteiger partial charge in [-0.1, -0.05) is 0 Å². The minimum absolute atomic E-state index is 0.0354. The summed E-state index contributed by atoms with van der Waals surface area (Å²) in [7, 11) is 2.14. The number of hydrogen-bond donors (Lipinski definition) is 2. The second-order valence-corrected chi connectivity index (χ2v) is 7.24. The molecule has 0 radical (unpaired) electrons. The first-order valence-corrected chi connectivity index (χ1v) is 9.16. The zero-order valence-corrected chi connectivity index (χ0v) is 15.8. The third-order valence-electron chi connectivity index (χ3n) is 4.67. The van der Waals surface area contributed by atoms with Crippen LogP contribution in [0, 0.1) is 0 Å². The average Bonchev–Trinajstić information content (AvgIpc) is 2.58. The molecule has 7 nitrogen and oxygen atoms in total. The van der Waals surface area contributed by atoms with E-state index in [1.54, 1.807) is 0 Å². The van der Waals surface area contributed by atoms with Crippen LogP contribution in [0.1, 0.15) is 20.8 Å². The molecule has 1 unspecified atom stereocenters. The van der Waals surface area contributed by atoms with Gasteiger partial charge in [0.05, 0.1) is 32.5 Å². The van der Waals surface area contributed by atoms with Gasteiger partial charge in [-0.15, -0.1) is 0 Å². The minimum atomic E-state index is 0.0354. The summed E-state index contributed by atoms with van der Waals surface area (Å²) in [6, 6.07) is 0. The van der Waals surface area contributed by atoms with Crippen LogP contribution >= 0.6 is 0 Å². The van der Waals surface area contributed by atoms with E-state index in [0.717, 1.165) is 71.6 Å². The number of rotatable bonds is 6. The van der Waals surface area contributed by atoms with Crippen molar-refractivity contribution in [3.8, 4) is 0 Å². The predicted molar refractivity (Wildman–Crippen MR) is 97.7 cm³/mol. The molecule has 24 heavy (non-hydrogen) atoms. The standard InChI is InChI=1S/C17H35N5O2/c1-5-18-16(19-12-15-13-21(4)6-11-24-15)20-14-17(2,3)22-7-9-23-10-8-22/h15H,5-14H2,1-4H3,(H2,18,19,20). The van der Waals surface area contributed by atoms with Crippen LogP contribution in [-0.2, 0) is 9.47 Å². The molecule has 0 amide bonds. The third-order valence-corrected chi connectivity index (χ3v) is 4.67. The molecule has 1 atom stereocenters. The van der Waals surface area contributed by atoms with E-state index in [2.05, 4.69) is 48.3 Å². The van der Waals surface area contributed by atoms with E-state index in [1.807, 2.05) is 0 Å². The Morgan fingerprint density at radius 2 is 1.92 bits per heavy atom. The first-order chi connectivity index (χ1) is 11.5. The highest BCUT2D eigenvalue weighted by atomic mass is 16.5. The summed E-state index contributed by atoms with van der Waals surface area (Å²) in [6.07, 6.45) is 0.222. The molecule has 140 valence electrons. The molecule has 0 bridgehead atoms. The fourth-order valence-corrected chi connectivity index (χ4v) is 3.08. The number of guanidine groups is 1. The number of morpholine rings is 2. The molecule has 0 aliphatic carbocycles. The Labute approximate surface area is 146 Å². The van der Waals surface area contributed by atoms with Crippen LogP contribution in [0.4, 0.5) is 0 Å². The van der Waals surface area contributed by atoms with Crippen molar-refractivity contribution >= 4 is 5.96 Å². The van der Waals surface area contributed by atoms with Crippen molar-refractivity contribution in [2.75, 3.05) is 72.7 Å². The van der Waals surface area contributed by atoms with Crippen molar-refractivity contribution in [1.29, 1.82) is 0 Å². The molecule has 2 aliphatic rings. The number of ether oxygens (including phenoxy) is 2. The molecule has 0 saturated carbocycles. The number of nitrogens with one attached hydrogen (secondary N) is 2. The van der Waals surface area contributed by atoms with Gasteiger partial charge in [0, 0.05) is 44.8 Å². The minimum Gasteiger partial charge on any atom is -0.379 e. The Bertz CT molecular complexity index is 396. The molecular formula is C17H35N5O2. The topological polar surface area (TPSA) is 61.4 Å². The van der Waals surface area contributed by atoms with Crippen molar-refractivity contribution in [2.24, 2.45) is 4.99 Å². The van der Waals surface area contributed by atoms with Gasteiger partial charge in [-0.2, -0.15) is 0 Å². The Morgan fingerprint density at radius 1 is 1.17 bits per heavy atom. The molecule has 2 aliphatic heterocycles. The molecule has 0 aromatic rings. The van der Waals surface area contributed by atoms with Crippen molar-refractivity contribution in [1.82, 2.24) is 20.4 Å². The Kier molecular flexibility index (Phi) is 7.74. The third kappa shape index (κ3) is 6.20. The van der Waals surface area contributed by atoms with Crippen LogP contribution in [0.2, 0.25) is 0 Å². The highest BCUT2D eigenvalue weighted by Crippen LogP contribution is 2.16. The van der Waals surface area contributed by atoms with Crippen molar-refractivity contribution in [2.45, 2.75) is 32.4 Å². The Hall–Kier alpha value is -0.890. The summed E-state index contributed by atoms with van der Waals surface area (Å²) in [4.78, 5) is 9.57. The van der Waals surface area contributed by atoms with Crippen LogP contribution in [-0.4, -0.2) is 100 Å². The first kappa shape index (κ1) is 19.4. The average molecular weight is 342 g/mol. The molecule has 0 aromatic carbocycles. The number of aliphatic imine (C=N–C) groups is 1. The summed E-state index contributed by atoms with van der Waals surface area (Å²) in [5, 5.41) is 6.77. The molecule has 2 rings (SSSR count). The summed E-state index contributed by atoms with van der Waals surface area (Å²) >= 11 is 0. The molecule has 2 saturated heterocycles. The quantitative estimate of drug-likeness (QED) is 0.523. The lowest BCUT2D eigenvalue weighted by Crippen LogP contribution is -2.52. The summed E-state index contributed by atoms with van der Waals surface area (Å²) < 4.78 is 11.3. The predicted octanol–water partition coefficient (Wildman–Crippen LogP) is -0.0171. The van der Waals surface area contributed by atoms with E-state index in [4.69, 9.17) is 14.5 Å². The van der Waals surface area contributed by atoms with Crippen LogP contribution in [0.15, 0.2) is 4.99 Å². The second-order valence-electron chi connectivity index (χ2n) is 7.24. The molecule has 2 fully saturated rings. The second kappa shape index (κ2) is 9.56. The smallest absolute Gasteiger partial charge is 0.191 e. The summed E-state index contributed by atoms with van der Waals surface area (Å²) in [5.74, 6) is 0.871. The van der Waals surface area contributed by atoms with Gasteiger partial charge < -0.3 is 25.0 Å². The highest BCUT2D eigenvalue weighted by Gasteiger charge is 2.28. The number of likely N-dealkylation sites (N-methyl/N-ethyl adjacent to an activating group) is 1. The van der Waals surface area contributed by atoms with Gasteiger partial charge in [-0.3, -0.25) is 9.89 Å². The zero-order valence-electron chi connectivity index (χ0n) is 15.8. The SMILES string of the molecule is CCNC(=NCC(C)(C)N1CCOCC1)NCC1CN(C)CCO1. The van der Waals surface area contributed by atoms with Crippen molar-refractivity contribution < 1.29 is 9.47 Å². The van der Waals surface area contributed by atoms with E-state index in [-0.39, 0.29) is 11.6 Å². The molecule has 0 aromatic heterocycles. The van der Waals surface area contributed by atoms with E-state index in [1.165, 1.54) is 0 Å². The van der Waals surface area contributed by atoms with E-state index in [0.29, 0.717) is 0 Å². The lowest BCUT2D eigenvalue weighted by atomic mass is 10.0. The molecular weight excluding hydrogens is 306 g/mol. The van der Waals surface area contributed by atoms with Gasteiger partial charge >= 0.3 is 0 Å². The normalized spacial score (nSPS) is 24.8. The van der Waals surface area contributed by atoms with Crippen LogP contribution in [0.3, 0.4) is 0 Å². The van der Waals surface area contributed by atoms with Gasteiger partial charge in [0.1, 0.15) is 0 Å². The number of hydrogen-bond acceptors (Lipinski definition) is 5. The monoisotopic (exact) mass is 341 g/mol. The first-order valence-electron chi connectivity index (χ1n) is 9.16. The maximum Gasteiger partial charge on any atom is 0.191 e. The molecule has 7 heteroatoms. The van der Waals surface area contributed by atoms with Crippen molar-refractivity contribution in [3.05, 3.63) is 0 Å². The Morgan fingerprint density at radius 3 is 2.58 bits per heavy atom. The highest BCUT2D eigenvalue weighted by molar-refractivity contribution is 5.79. The fraction of sp³-hybridized carbons (Fsp3) is 0.941. The van der Waals surface area contributed by atoms with Gasteiger partial charge in [-0.25, -0.2) is 0 Å². The van der Waals surface area contributed by atoms with Crippen molar-refractivity contribution in [3.63, 3.8) is 0 Å². The van der Waals surface area contributed by atoms with E-state index < -0.39 is 0 Å². The maximum atomic E-state index is 5.81. The lowest BCUT2D eigenvalue weighted by molar-refractivity contribution is -0.0161. The Balaban J connectivity index is 1.84. The van der Waals surface area contributed by atoms with Gasteiger partial charge in [0.25, 0.3) is 0 Å². The lowest BCUT2D eigenvalue weighted by Gasteiger charge is -2.40. The van der Waals surface area contributed by atoms with E-state index >= 15 is 0 Å². The molecule has 2 N–H and O–H groups in total.